The van der Waals surface area contributed by atoms with E-state index in [1.807, 2.05) is 55.5 Å². The standard InChI is InChI=1S/C19H21NO2/c1-14-15(2)22-19(21)18(17-11-7-4-8-12-17)20(14)13-16-9-5-3-6-10-16/h3-12,14-15,18H,13H2,1-2H3. The highest BCUT2D eigenvalue weighted by atomic mass is 16.5. The maximum Gasteiger partial charge on any atom is 0.328 e. The Hall–Kier alpha value is -2.13. The average molecular weight is 295 g/mol. The molecule has 0 bridgehead atoms. The second kappa shape index (κ2) is 6.32. The topological polar surface area (TPSA) is 29.5 Å². The lowest BCUT2D eigenvalue weighted by Gasteiger charge is -2.42. The van der Waals surface area contributed by atoms with Crippen molar-refractivity contribution in [2.24, 2.45) is 0 Å². The van der Waals surface area contributed by atoms with Gasteiger partial charge in [0.25, 0.3) is 0 Å². The summed E-state index contributed by atoms with van der Waals surface area (Å²) in [6.45, 7) is 4.82. The molecule has 0 saturated carbocycles. The summed E-state index contributed by atoms with van der Waals surface area (Å²) in [5.74, 6) is -0.160. The lowest BCUT2D eigenvalue weighted by molar-refractivity contribution is -0.172. The van der Waals surface area contributed by atoms with Crippen LogP contribution in [0.4, 0.5) is 0 Å². The number of rotatable bonds is 3. The number of esters is 1. The van der Waals surface area contributed by atoms with Crippen LogP contribution in [0.1, 0.15) is 31.0 Å². The van der Waals surface area contributed by atoms with E-state index in [0.29, 0.717) is 0 Å². The molecule has 22 heavy (non-hydrogen) atoms. The van der Waals surface area contributed by atoms with Crippen molar-refractivity contribution >= 4 is 5.97 Å². The maximum atomic E-state index is 12.5. The van der Waals surface area contributed by atoms with Crippen molar-refractivity contribution in [2.75, 3.05) is 0 Å². The van der Waals surface area contributed by atoms with Crippen LogP contribution in [0.2, 0.25) is 0 Å². The van der Waals surface area contributed by atoms with E-state index >= 15 is 0 Å². The number of benzene rings is 2. The van der Waals surface area contributed by atoms with Crippen LogP contribution < -0.4 is 0 Å². The Bertz CT molecular complexity index is 626. The van der Waals surface area contributed by atoms with Crippen LogP contribution in [0.5, 0.6) is 0 Å². The maximum absolute atomic E-state index is 12.5. The number of carbonyl (C=O) groups excluding carboxylic acids is 1. The van der Waals surface area contributed by atoms with Crippen LogP contribution in [0.25, 0.3) is 0 Å². The number of cyclic esters (lactones) is 1. The highest BCUT2D eigenvalue weighted by Gasteiger charge is 2.40. The molecule has 1 saturated heterocycles. The Morgan fingerprint density at radius 2 is 1.55 bits per heavy atom. The molecule has 1 aliphatic heterocycles. The van der Waals surface area contributed by atoms with E-state index in [1.54, 1.807) is 0 Å². The first kappa shape index (κ1) is 14.8. The minimum absolute atomic E-state index is 0.101. The molecular formula is C19H21NO2. The fraction of sp³-hybridized carbons (Fsp3) is 0.316. The summed E-state index contributed by atoms with van der Waals surface area (Å²) >= 11 is 0. The fourth-order valence-electron chi connectivity index (χ4n) is 2.98. The zero-order valence-electron chi connectivity index (χ0n) is 13.0. The molecule has 114 valence electrons. The van der Waals surface area contributed by atoms with E-state index in [-0.39, 0.29) is 24.2 Å². The van der Waals surface area contributed by atoms with Crippen LogP contribution in [0.15, 0.2) is 60.7 Å². The third-order valence-electron chi connectivity index (χ3n) is 4.38. The van der Waals surface area contributed by atoms with Gasteiger partial charge in [0, 0.05) is 12.6 Å². The summed E-state index contributed by atoms with van der Waals surface area (Å²) in [5.41, 5.74) is 2.19. The highest BCUT2D eigenvalue weighted by Crippen LogP contribution is 2.32. The molecule has 0 spiro atoms. The fourth-order valence-corrected chi connectivity index (χ4v) is 2.98. The largest absolute Gasteiger partial charge is 0.460 e. The lowest BCUT2D eigenvalue weighted by Crippen LogP contribution is -2.52. The molecule has 3 rings (SSSR count). The predicted molar refractivity (Wildman–Crippen MR) is 86.2 cm³/mol. The van der Waals surface area contributed by atoms with Crippen LogP contribution in [0.3, 0.4) is 0 Å². The minimum atomic E-state index is -0.340. The summed E-state index contributed by atoms with van der Waals surface area (Å²) in [5, 5.41) is 0. The molecule has 2 aromatic rings. The van der Waals surface area contributed by atoms with Gasteiger partial charge in [0.05, 0.1) is 0 Å². The van der Waals surface area contributed by atoms with Gasteiger partial charge >= 0.3 is 5.97 Å². The monoisotopic (exact) mass is 295 g/mol. The van der Waals surface area contributed by atoms with Gasteiger partial charge in [-0.05, 0) is 25.0 Å². The van der Waals surface area contributed by atoms with Gasteiger partial charge in [0.1, 0.15) is 12.1 Å². The van der Waals surface area contributed by atoms with Crippen molar-refractivity contribution < 1.29 is 9.53 Å². The molecular weight excluding hydrogens is 274 g/mol. The number of carbonyl (C=O) groups is 1. The average Bonchev–Trinajstić information content (AvgIpc) is 2.54. The van der Waals surface area contributed by atoms with Gasteiger partial charge in [0.15, 0.2) is 0 Å². The predicted octanol–water partition coefficient (Wildman–Crippen LogP) is 3.56. The van der Waals surface area contributed by atoms with Crippen LogP contribution in [-0.2, 0) is 16.1 Å². The lowest BCUT2D eigenvalue weighted by atomic mass is 9.98. The van der Waals surface area contributed by atoms with Gasteiger partial charge < -0.3 is 4.74 Å². The molecule has 0 aliphatic carbocycles. The Balaban J connectivity index is 1.94. The van der Waals surface area contributed by atoms with Crippen molar-refractivity contribution in [1.82, 2.24) is 4.90 Å². The Morgan fingerprint density at radius 3 is 2.18 bits per heavy atom. The molecule has 0 aromatic heterocycles. The number of nitrogens with zero attached hydrogens (tertiary/aromatic N) is 1. The molecule has 3 atom stereocenters. The first-order valence-corrected chi connectivity index (χ1v) is 7.72. The highest BCUT2D eigenvalue weighted by molar-refractivity contribution is 5.78. The third kappa shape index (κ3) is 2.90. The SMILES string of the molecule is CC1OC(=O)C(c2ccccc2)N(Cc2ccccc2)C1C. The van der Waals surface area contributed by atoms with Crippen LogP contribution >= 0.6 is 0 Å². The summed E-state index contributed by atoms with van der Waals surface area (Å²) < 4.78 is 5.55. The zero-order valence-corrected chi connectivity index (χ0v) is 13.0. The van der Waals surface area contributed by atoms with E-state index < -0.39 is 0 Å². The Morgan fingerprint density at radius 1 is 0.955 bits per heavy atom. The van der Waals surface area contributed by atoms with Gasteiger partial charge in [-0.1, -0.05) is 60.7 Å². The molecule has 0 amide bonds. The molecule has 3 nitrogen and oxygen atoms in total. The van der Waals surface area contributed by atoms with E-state index in [0.717, 1.165) is 12.1 Å². The van der Waals surface area contributed by atoms with Gasteiger partial charge in [-0.25, -0.2) is 4.79 Å². The second-order valence-corrected chi connectivity index (χ2v) is 5.85. The second-order valence-electron chi connectivity index (χ2n) is 5.85. The van der Waals surface area contributed by atoms with Crippen LogP contribution in [0, 0.1) is 0 Å². The summed E-state index contributed by atoms with van der Waals surface area (Å²) in [6.07, 6.45) is -0.101. The molecule has 3 heteroatoms. The van der Waals surface area contributed by atoms with E-state index in [9.17, 15) is 4.79 Å². The van der Waals surface area contributed by atoms with E-state index in [2.05, 4.69) is 24.0 Å². The minimum Gasteiger partial charge on any atom is -0.460 e. The van der Waals surface area contributed by atoms with Gasteiger partial charge in [0.2, 0.25) is 0 Å². The zero-order chi connectivity index (χ0) is 15.5. The Labute approximate surface area is 131 Å². The quantitative estimate of drug-likeness (QED) is 0.811. The third-order valence-corrected chi connectivity index (χ3v) is 4.38. The molecule has 0 N–H and O–H groups in total. The number of hydrogen-bond donors (Lipinski definition) is 0. The van der Waals surface area contributed by atoms with Crippen molar-refractivity contribution in [1.29, 1.82) is 0 Å². The van der Waals surface area contributed by atoms with Gasteiger partial charge in [-0.3, -0.25) is 4.90 Å². The molecule has 2 aromatic carbocycles. The van der Waals surface area contributed by atoms with Crippen LogP contribution in [-0.4, -0.2) is 23.0 Å². The van der Waals surface area contributed by atoms with Crippen molar-refractivity contribution in [3.05, 3.63) is 71.8 Å². The molecule has 0 radical (unpaired) electrons. The van der Waals surface area contributed by atoms with Crippen molar-refractivity contribution in [3.63, 3.8) is 0 Å². The molecule has 1 heterocycles. The van der Waals surface area contributed by atoms with E-state index in [1.165, 1.54) is 5.56 Å². The van der Waals surface area contributed by atoms with Gasteiger partial charge in [-0.15, -0.1) is 0 Å². The first-order chi connectivity index (χ1) is 10.7. The van der Waals surface area contributed by atoms with E-state index in [4.69, 9.17) is 4.74 Å². The smallest absolute Gasteiger partial charge is 0.328 e. The summed E-state index contributed by atoms with van der Waals surface area (Å²) in [7, 11) is 0. The normalized spacial score (nSPS) is 25.7. The molecule has 3 unspecified atom stereocenters. The summed E-state index contributed by atoms with van der Waals surface area (Å²) in [4.78, 5) is 14.7. The number of ether oxygens (including phenoxy) is 1. The molecule has 1 fully saturated rings. The van der Waals surface area contributed by atoms with Crippen molar-refractivity contribution in [3.8, 4) is 0 Å². The van der Waals surface area contributed by atoms with Gasteiger partial charge in [-0.2, -0.15) is 0 Å². The number of hydrogen-bond acceptors (Lipinski definition) is 3. The molecule has 1 aliphatic rings. The summed E-state index contributed by atoms with van der Waals surface area (Å²) in [6, 6.07) is 20.0. The number of morpholine rings is 1. The van der Waals surface area contributed by atoms with Crippen molar-refractivity contribution in [2.45, 2.75) is 38.6 Å². The Kier molecular flexibility index (Phi) is 4.25. The first-order valence-electron chi connectivity index (χ1n) is 7.72.